The number of halogens is 1. The van der Waals surface area contributed by atoms with Crippen molar-refractivity contribution in [2.45, 2.75) is 44.2 Å². The first kappa shape index (κ1) is 21.3. The fourth-order valence-electron chi connectivity index (χ4n) is 3.91. The summed E-state index contributed by atoms with van der Waals surface area (Å²) in [6.45, 7) is 4.35. The molecule has 7 heteroatoms. The number of nitrogens with one attached hydrogen (secondary N) is 2. The van der Waals surface area contributed by atoms with Crippen LogP contribution in [-0.2, 0) is 6.54 Å². The second kappa shape index (κ2) is 11.0. The van der Waals surface area contributed by atoms with E-state index in [2.05, 4.69) is 49.8 Å². The van der Waals surface area contributed by atoms with Crippen molar-refractivity contribution in [1.29, 1.82) is 0 Å². The van der Waals surface area contributed by atoms with E-state index in [1.54, 1.807) is 11.3 Å². The Morgan fingerprint density at radius 1 is 1.20 bits per heavy atom. The van der Waals surface area contributed by atoms with Crippen molar-refractivity contribution in [3.05, 3.63) is 22.4 Å². The Labute approximate surface area is 177 Å². The summed E-state index contributed by atoms with van der Waals surface area (Å²) in [5.74, 6) is 3.50. The van der Waals surface area contributed by atoms with Crippen molar-refractivity contribution in [2.24, 2.45) is 4.99 Å². The highest BCUT2D eigenvalue weighted by molar-refractivity contribution is 14.0. The van der Waals surface area contributed by atoms with E-state index in [4.69, 9.17) is 0 Å². The third-order valence-electron chi connectivity index (χ3n) is 5.28. The van der Waals surface area contributed by atoms with Gasteiger partial charge in [0, 0.05) is 48.6 Å². The maximum atomic E-state index is 4.42. The fraction of sp³-hybridized carbons (Fsp3) is 0.722. The lowest BCUT2D eigenvalue weighted by atomic mass is 9.80. The number of hydrogen-bond acceptors (Lipinski definition) is 4. The van der Waals surface area contributed by atoms with Gasteiger partial charge in [-0.2, -0.15) is 11.8 Å². The van der Waals surface area contributed by atoms with Crippen molar-refractivity contribution in [3.63, 3.8) is 0 Å². The standard InChI is InChI=1S/C18H30N4S2.HI/c1-19-17(20-14-16-6-5-11-24-16)21-15-18(7-3-2-4-8-18)22-9-12-23-13-10-22;/h5-6,11H,2-4,7-10,12-15H2,1H3,(H2,19,20,21);1H. The predicted octanol–water partition coefficient (Wildman–Crippen LogP) is 3.78. The van der Waals surface area contributed by atoms with Crippen LogP contribution in [0.1, 0.15) is 37.0 Å². The van der Waals surface area contributed by atoms with E-state index < -0.39 is 0 Å². The second-order valence-electron chi connectivity index (χ2n) is 6.74. The van der Waals surface area contributed by atoms with Gasteiger partial charge >= 0.3 is 0 Å². The van der Waals surface area contributed by atoms with Gasteiger partial charge < -0.3 is 10.6 Å². The molecular weight excluding hydrogens is 463 g/mol. The van der Waals surface area contributed by atoms with Gasteiger partial charge in [0.2, 0.25) is 0 Å². The molecule has 0 radical (unpaired) electrons. The van der Waals surface area contributed by atoms with Crippen LogP contribution in [0.3, 0.4) is 0 Å². The number of hydrogen-bond donors (Lipinski definition) is 2. The molecule has 0 unspecified atom stereocenters. The van der Waals surface area contributed by atoms with Gasteiger partial charge in [0.1, 0.15) is 0 Å². The summed E-state index contributed by atoms with van der Waals surface area (Å²) in [5.41, 5.74) is 0.333. The molecule has 1 saturated heterocycles. The zero-order valence-electron chi connectivity index (χ0n) is 15.1. The normalized spacial score (nSPS) is 21.4. The van der Waals surface area contributed by atoms with Crippen LogP contribution in [0.2, 0.25) is 0 Å². The largest absolute Gasteiger partial charge is 0.355 e. The zero-order valence-corrected chi connectivity index (χ0v) is 19.1. The van der Waals surface area contributed by atoms with Crippen molar-refractivity contribution in [1.82, 2.24) is 15.5 Å². The quantitative estimate of drug-likeness (QED) is 0.372. The van der Waals surface area contributed by atoms with Gasteiger partial charge in [-0.1, -0.05) is 25.3 Å². The Hall–Kier alpha value is 0.01000. The van der Waals surface area contributed by atoms with Crippen LogP contribution in [0, 0.1) is 0 Å². The number of aliphatic imine (C=N–C) groups is 1. The van der Waals surface area contributed by atoms with Crippen LogP contribution >= 0.6 is 47.1 Å². The molecule has 0 atom stereocenters. The summed E-state index contributed by atoms with van der Waals surface area (Å²) < 4.78 is 0. The summed E-state index contributed by atoms with van der Waals surface area (Å²) >= 11 is 3.89. The molecule has 2 fully saturated rings. The third-order valence-corrected chi connectivity index (χ3v) is 7.10. The molecule has 0 spiro atoms. The number of nitrogens with zero attached hydrogens (tertiary/aromatic N) is 2. The highest BCUT2D eigenvalue weighted by atomic mass is 127. The lowest BCUT2D eigenvalue weighted by molar-refractivity contribution is 0.0626. The first-order valence-corrected chi connectivity index (χ1v) is 11.2. The summed E-state index contributed by atoms with van der Waals surface area (Å²) in [4.78, 5) is 8.54. The summed E-state index contributed by atoms with van der Waals surface area (Å²) in [7, 11) is 1.87. The van der Waals surface area contributed by atoms with Crippen LogP contribution < -0.4 is 10.6 Å². The topological polar surface area (TPSA) is 39.7 Å². The minimum absolute atomic E-state index is 0. The number of thioether (sulfide) groups is 1. The summed E-state index contributed by atoms with van der Waals surface area (Å²) in [6.07, 6.45) is 6.79. The van der Waals surface area contributed by atoms with E-state index in [9.17, 15) is 0 Å². The molecule has 1 aliphatic heterocycles. The van der Waals surface area contributed by atoms with E-state index in [-0.39, 0.29) is 24.0 Å². The van der Waals surface area contributed by atoms with Gasteiger partial charge in [-0.15, -0.1) is 35.3 Å². The van der Waals surface area contributed by atoms with Crippen molar-refractivity contribution < 1.29 is 0 Å². The fourth-order valence-corrected chi connectivity index (χ4v) is 5.45. The lowest BCUT2D eigenvalue weighted by Gasteiger charge is -2.48. The highest BCUT2D eigenvalue weighted by Crippen LogP contribution is 2.34. The molecule has 1 saturated carbocycles. The average Bonchev–Trinajstić information content (AvgIpc) is 3.17. The monoisotopic (exact) mass is 494 g/mol. The Morgan fingerprint density at radius 2 is 1.96 bits per heavy atom. The van der Waals surface area contributed by atoms with Gasteiger partial charge in [-0.3, -0.25) is 9.89 Å². The van der Waals surface area contributed by atoms with E-state index in [0.29, 0.717) is 5.54 Å². The van der Waals surface area contributed by atoms with E-state index >= 15 is 0 Å². The molecule has 0 amide bonds. The van der Waals surface area contributed by atoms with Crippen LogP contribution in [-0.4, -0.2) is 54.6 Å². The van der Waals surface area contributed by atoms with Crippen molar-refractivity contribution in [2.75, 3.05) is 38.2 Å². The Morgan fingerprint density at radius 3 is 2.60 bits per heavy atom. The van der Waals surface area contributed by atoms with Crippen LogP contribution in [0.4, 0.5) is 0 Å². The number of thiophene rings is 1. The SMILES string of the molecule is CN=C(NCc1cccs1)NCC1(N2CCSCC2)CCCCC1.I. The number of rotatable bonds is 5. The summed E-state index contributed by atoms with van der Waals surface area (Å²) in [5, 5.41) is 9.22. The highest BCUT2D eigenvalue weighted by Gasteiger charge is 2.38. The van der Waals surface area contributed by atoms with Gasteiger partial charge in [0.25, 0.3) is 0 Å². The van der Waals surface area contributed by atoms with Crippen LogP contribution in [0.25, 0.3) is 0 Å². The first-order chi connectivity index (χ1) is 11.8. The smallest absolute Gasteiger partial charge is 0.191 e. The molecule has 0 bridgehead atoms. The van der Waals surface area contributed by atoms with Gasteiger partial charge in [-0.25, -0.2) is 0 Å². The molecular formula is C18H31IN4S2. The molecule has 25 heavy (non-hydrogen) atoms. The molecule has 2 aliphatic rings. The molecule has 0 aromatic carbocycles. The Kier molecular flexibility index (Phi) is 9.37. The van der Waals surface area contributed by atoms with Gasteiger partial charge in [-0.05, 0) is 24.3 Å². The van der Waals surface area contributed by atoms with Gasteiger partial charge in [0.05, 0.1) is 6.54 Å². The molecule has 4 nitrogen and oxygen atoms in total. The number of guanidine groups is 1. The Balaban J connectivity index is 0.00000225. The van der Waals surface area contributed by atoms with Crippen molar-refractivity contribution >= 4 is 53.0 Å². The van der Waals surface area contributed by atoms with Crippen molar-refractivity contribution in [3.8, 4) is 0 Å². The van der Waals surface area contributed by atoms with E-state index in [1.807, 2.05) is 7.05 Å². The first-order valence-electron chi connectivity index (χ1n) is 9.12. The third kappa shape index (κ3) is 6.01. The molecule has 1 aliphatic carbocycles. The molecule has 2 heterocycles. The van der Waals surface area contributed by atoms with Gasteiger partial charge in [0.15, 0.2) is 5.96 Å². The minimum atomic E-state index is 0. The second-order valence-corrected chi connectivity index (χ2v) is 9.00. The molecule has 142 valence electrons. The molecule has 2 N–H and O–H groups in total. The van der Waals surface area contributed by atoms with Crippen LogP contribution in [0.15, 0.2) is 22.5 Å². The molecule has 3 rings (SSSR count). The van der Waals surface area contributed by atoms with E-state index in [1.165, 1.54) is 61.6 Å². The average molecular weight is 495 g/mol. The van der Waals surface area contributed by atoms with Crippen LogP contribution in [0.5, 0.6) is 0 Å². The predicted molar refractivity (Wildman–Crippen MR) is 123 cm³/mol. The maximum Gasteiger partial charge on any atom is 0.191 e. The summed E-state index contributed by atoms with van der Waals surface area (Å²) in [6, 6.07) is 4.27. The lowest BCUT2D eigenvalue weighted by Crippen LogP contribution is -2.59. The maximum absolute atomic E-state index is 4.42. The zero-order chi connectivity index (χ0) is 16.7. The molecule has 1 aromatic rings. The van der Waals surface area contributed by atoms with E-state index in [0.717, 1.165) is 19.0 Å². The molecule has 1 aromatic heterocycles. The minimum Gasteiger partial charge on any atom is -0.355 e. The Bertz CT molecular complexity index is 509.